The topological polar surface area (TPSA) is 32.5 Å². The molecule has 5 rings (SSSR count). The van der Waals surface area contributed by atoms with Gasteiger partial charge in [0.25, 0.3) is 0 Å². The van der Waals surface area contributed by atoms with E-state index in [4.69, 9.17) is 5.84 Å². The second kappa shape index (κ2) is 10.3. The van der Waals surface area contributed by atoms with E-state index in [0.29, 0.717) is 6.04 Å². The average Bonchev–Trinajstić information content (AvgIpc) is 2.89. The van der Waals surface area contributed by atoms with Gasteiger partial charge in [-0.2, -0.15) is 0 Å². The zero-order chi connectivity index (χ0) is 23.5. The molecule has 2 aliphatic heterocycles. The molecule has 0 aliphatic carbocycles. The van der Waals surface area contributed by atoms with Crippen LogP contribution in [0.5, 0.6) is 0 Å². The Morgan fingerprint density at radius 3 is 1.94 bits per heavy atom. The van der Waals surface area contributed by atoms with E-state index >= 15 is 0 Å². The van der Waals surface area contributed by atoms with Crippen LogP contribution in [0.15, 0.2) is 72.8 Å². The molecule has 2 fully saturated rings. The van der Waals surface area contributed by atoms with Gasteiger partial charge in [0.15, 0.2) is 0 Å². The molecule has 3 aromatic carbocycles. The fourth-order valence-electron chi connectivity index (χ4n) is 5.02. The Bertz CT molecular complexity index is 1070. The Morgan fingerprint density at radius 2 is 1.35 bits per heavy atom. The lowest BCUT2D eigenvalue weighted by Crippen LogP contribution is -2.37. The zero-order valence-electron chi connectivity index (χ0n) is 20.2. The molecule has 34 heavy (non-hydrogen) atoms. The van der Waals surface area contributed by atoms with E-state index in [0.717, 1.165) is 17.9 Å². The summed E-state index contributed by atoms with van der Waals surface area (Å²) in [6.07, 6.45) is 5.21. The Kier molecular flexibility index (Phi) is 7.14. The maximum absolute atomic E-state index is 6.49. The maximum Gasteiger partial charge on any atom is 0.0832 e. The first-order chi connectivity index (χ1) is 16.5. The fraction of sp³-hybridized carbons (Fsp3) is 0.379. The maximum atomic E-state index is 6.49. The van der Waals surface area contributed by atoms with Crippen LogP contribution in [-0.4, -0.2) is 24.1 Å². The van der Waals surface area contributed by atoms with E-state index in [1.54, 1.807) is 5.01 Å². The van der Waals surface area contributed by atoms with Gasteiger partial charge in [-0.3, -0.25) is 5.01 Å². The molecule has 2 N–H and O–H groups in total. The summed E-state index contributed by atoms with van der Waals surface area (Å²) in [6, 6.07) is 26.9. The highest BCUT2D eigenvalue weighted by Gasteiger charge is 2.30. The van der Waals surface area contributed by atoms with Gasteiger partial charge in [0.05, 0.1) is 15.5 Å². The standard InChI is InChI=1S/C29H35N3S2/c1-22-6-3-4-19-31(22)26-15-17-28(18-16-26)32(30)27-13-9-24(10-14-27)23-7-11-25(12-8-23)29(2)33-20-5-21-34-29/h7-18,22H,3-6,19-21,30H2,1-2H3. The summed E-state index contributed by atoms with van der Waals surface area (Å²) in [4.78, 5) is 2.51. The predicted molar refractivity (Wildman–Crippen MR) is 152 cm³/mol. The zero-order valence-corrected chi connectivity index (χ0v) is 21.9. The number of hydrazine groups is 1. The molecular formula is C29H35N3S2. The summed E-state index contributed by atoms with van der Waals surface area (Å²) in [5, 5.41) is 1.77. The van der Waals surface area contributed by atoms with Crippen molar-refractivity contribution < 1.29 is 0 Å². The van der Waals surface area contributed by atoms with Crippen LogP contribution in [-0.2, 0) is 4.08 Å². The number of nitrogens with zero attached hydrogens (tertiary/aromatic N) is 2. The number of hydrogen-bond acceptors (Lipinski definition) is 5. The van der Waals surface area contributed by atoms with E-state index in [9.17, 15) is 0 Å². The van der Waals surface area contributed by atoms with Crippen molar-refractivity contribution in [2.45, 2.75) is 49.7 Å². The Balaban J connectivity index is 1.27. The monoisotopic (exact) mass is 489 g/mol. The van der Waals surface area contributed by atoms with E-state index in [1.165, 1.54) is 59.6 Å². The number of thioether (sulfide) groups is 2. The quantitative estimate of drug-likeness (QED) is 0.292. The van der Waals surface area contributed by atoms with E-state index in [2.05, 4.69) is 115 Å². The molecule has 1 atom stereocenters. The van der Waals surface area contributed by atoms with Gasteiger partial charge in [-0.05, 0) is 104 Å². The molecule has 0 aromatic heterocycles. The smallest absolute Gasteiger partial charge is 0.0832 e. The van der Waals surface area contributed by atoms with E-state index < -0.39 is 0 Å². The molecule has 0 amide bonds. The van der Waals surface area contributed by atoms with Crippen LogP contribution in [0.3, 0.4) is 0 Å². The van der Waals surface area contributed by atoms with Crippen molar-refractivity contribution in [3.63, 3.8) is 0 Å². The average molecular weight is 490 g/mol. The molecule has 0 spiro atoms. The van der Waals surface area contributed by atoms with Crippen molar-refractivity contribution in [2.75, 3.05) is 28.0 Å². The van der Waals surface area contributed by atoms with Crippen LogP contribution in [0.1, 0.15) is 45.1 Å². The third-order valence-corrected chi connectivity index (χ3v) is 10.5. The molecule has 0 bridgehead atoms. The summed E-state index contributed by atoms with van der Waals surface area (Å²) in [5.41, 5.74) is 7.16. The first-order valence-electron chi connectivity index (χ1n) is 12.4. The van der Waals surface area contributed by atoms with Gasteiger partial charge in [0.2, 0.25) is 0 Å². The lowest BCUT2D eigenvalue weighted by molar-refractivity contribution is 0.485. The summed E-state index contributed by atoms with van der Waals surface area (Å²) < 4.78 is 0.183. The molecule has 178 valence electrons. The van der Waals surface area contributed by atoms with E-state index in [-0.39, 0.29) is 4.08 Å². The molecule has 1 unspecified atom stereocenters. The van der Waals surface area contributed by atoms with Gasteiger partial charge in [-0.25, -0.2) is 5.84 Å². The number of rotatable bonds is 5. The van der Waals surface area contributed by atoms with Gasteiger partial charge in [-0.1, -0.05) is 36.4 Å². The molecule has 2 heterocycles. The molecule has 2 saturated heterocycles. The van der Waals surface area contributed by atoms with Gasteiger partial charge < -0.3 is 4.90 Å². The van der Waals surface area contributed by atoms with Crippen molar-refractivity contribution in [3.8, 4) is 11.1 Å². The minimum absolute atomic E-state index is 0.183. The van der Waals surface area contributed by atoms with Crippen molar-refractivity contribution in [1.29, 1.82) is 0 Å². The SMILES string of the molecule is CC1CCCCN1c1ccc(N(N)c2ccc(-c3ccc(C4(C)SCCCS4)cc3)cc2)cc1. The molecule has 2 aliphatic rings. The second-order valence-corrected chi connectivity index (χ2v) is 12.8. The minimum Gasteiger partial charge on any atom is -0.369 e. The van der Waals surface area contributed by atoms with Crippen molar-refractivity contribution in [2.24, 2.45) is 5.84 Å². The summed E-state index contributed by atoms with van der Waals surface area (Å²) >= 11 is 4.15. The second-order valence-electron chi connectivity index (χ2n) is 9.55. The number of piperidine rings is 1. The summed E-state index contributed by atoms with van der Waals surface area (Å²) in [6.45, 7) is 5.83. The lowest BCUT2D eigenvalue weighted by Gasteiger charge is -2.35. The van der Waals surface area contributed by atoms with Gasteiger partial charge in [-0.15, -0.1) is 23.5 Å². The molecule has 3 aromatic rings. The largest absolute Gasteiger partial charge is 0.369 e. The molecule has 0 radical (unpaired) electrons. The Morgan fingerprint density at radius 1 is 0.794 bits per heavy atom. The van der Waals surface area contributed by atoms with Crippen LogP contribution in [0, 0.1) is 0 Å². The van der Waals surface area contributed by atoms with Gasteiger partial charge >= 0.3 is 0 Å². The molecule has 5 heteroatoms. The summed E-state index contributed by atoms with van der Waals surface area (Å²) in [7, 11) is 0. The van der Waals surface area contributed by atoms with Crippen LogP contribution >= 0.6 is 23.5 Å². The number of nitrogens with two attached hydrogens (primary N) is 1. The van der Waals surface area contributed by atoms with Crippen LogP contribution in [0.25, 0.3) is 11.1 Å². The number of anilines is 3. The first-order valence-corrected chi connectivity index (χ1v) is 14.4. The molecule has 3 nitrogen and oxygen atoms in total. The van der Waals surface area contributed by atoms with Crippen LogP contribution in [0.4, 0.5) is 17.1 Å². The molecule has 0 saturated carbocycles. The summed E-state index contributed by atoms with van der Waals surface area (Å²) in [5.74, 6) is 9.00. The van der Waals surface area contributed by atoms with Crippen molar-refractivity contribution >= 4 is 40.6 Å². The highest BCUT2D eigenvalue weighted by atomic mass is 32.2. The predicted octanol–water partition coefficient (Wildman–Crippen LogP) is 7.79. The number of benzene rings is 3. The Hall–Kier alpha value is -2.08. The number of hydrogen-bond donors (Lipinski definition) is 1. The fourth-order valence-corrected chi connectivity index (χ4v) is 7.99. The van der Waals surface area contributed by atoms with Gasteiger partial charge in [0.1, 0.15) is 0 Å². The Labute approximate surface area is 213 Å². The highest BCUT2D eigenvalue weighted by molar-refractivity contribution is 8.18. The van der Waals surface area contributed by atoms with Gasteiger partial charge in [0, 0.05) is 18.3 Å². The van der Waals surface area contributed by atoms with Crippen molar-refractivity contribution in [3.05, 3.63) is 78.4 Å². The lowest BCUT2D eigenvalue weighted by atomic mass is 10.0. The normalized spacial score (nSPS) is 20.2. The van der Waals surface area contributed by atoms with E-state index in [1.807, 2.05) is 0 Å². The molecular weight excluding hydrogens is 454 g/mol. The third-order valence-electron chi connectivity index (χ3n) is 7.19. The third kappa shape index (κ3) is 4.98. The van der Waals surface area contributed by atoms with Crippen molar-refractivity contribution in [1.82, 2.24) is 0 Å². The van der Waals surface area contributed by atoms with Crippen LogP contribution < -0.4 is 15.8 Å². The first kappa shape index (κ1) is 23.7. The minimum atomic E-state index is 0.183. The highest BCUT2D eigenvalue weighted by Crippen LogP contribution is 2.49. The van der Waals surface area contributed by atoms with Crippen LogP contribution in [0.2, 0.25) is 0 Å².